The van der Waals surface area contributed by atoms with Gasteiger partial charge in [-0.1, -0.05) is 72.8 Å². The van der Waals surface area contributed by atoms with Gasteiger partial charge < -0.3 is 10.3 Å². The van der Waals surface area contributed by atoms with E-state index >= 15 is 0 Å². The van der Waals surface area contributed by atoms with Crippen LogP contribution in [-0.4, -0.2) is 17.4 Å². The Labute approximate surface area is 192 Å². The monoisotopic (exact) mass is 430 g/mol. The van der Waals surface area contributed by atoms with Gasteiger partial charge in [0.2, 0.25) is 5.91 Å². The summed E-state index contributed by atoms with van der Waals surface area (Å²) in [4.78, 5) is 15.7. The molecule has 1 aromatic heterocycles. The minimum absolute atomic E-state index is 0.132. The summed E-state index contributed by atoms with van der Waals surface area (Å²) in [7, 11) is 0. The minimum Gasteiger partial charge on any atom is -0.361 e. The number of para-hydroxylation sites is 1. The highest BCUT2D eigenvalue weighted by Crippen LogP contribution is 2.36. The lowest BCUT2D eigenvalue weighted by Crippen LogP contribution is -2.25. The molecule has 0 bridgehead atoms. The quantitative estimate of drug-likeness (QED) is 0.270. The molecule has 0 atom stereocenters. The average Bonchev–Trinajstić information content (AvgIpc) is 3.26. The van der Waals surface area contributed by atoms with Crippen LogP contribution < -0.4 is 5.32 Å². The van der Waals surface area contributed by atoms with E-state index in [4.69, 9.17) is 0 Å². The molecular weight excluding hydrogens is 404 g/mol. The summed E-state index contributed by atoms with van der Waals surface area (Å²) in [5.41, 5.74) is 3.72. The Bertz CT molecular complexity index is 1580. The summed E-state index contributed by atoms with van der Waals surface area (Å²) in [6.45, 7) is 0.666. The number of amides is 1. The van der Waals surface area contributed by atoms with E-state index in [-0.39, 0.29) is 5.91 Å². The largest absolute Gasteiger partial charge is 0.361 e. The summed E-state index contributed by atoms with van der Waals surface area (Å²) in [6.07, 6.45) is 5.19. The van der Waals surface area contributed by atoms with Crippen LogP contribution in [0.4, 0.5) is 0 Å². The molecule has 0 aliphatic carbocycles. The predicted octanol–water partition coefficient (Wildman–Crippen LogP) is 6.75. The van der Waals surface area contributed by atoms with Crippen LogP contribution in [-0.2, 0) is 17.6 Å². The second kappa shape index (κ2) is 8.25. The van der Waals surface area contributed by atoms with E-state index in [1.165, 1.54) is 48.8 Å². The first-order valence-corrected chi connectivity index (χ1v) is 11.7. The van der Waals surface area contributed by atoms with Crippen molar-refractivity contribution < 1.29 is 4.79 Å². The highest BCUT2D eigenvalue weighted by Gasteiger charge is 2.11. The van der Waals surface area contributed by atoms with Crippen LogP contribution in [0.3, 0.4) is 0 Å². The fourth-order valence-electron chi connectivity index (χ4n) is 5.22. The first-order valence-electron chi connectivity index (χ1n) is 11.7. The second-order valence-corrected chi connectivity index (χ2v) is 8.89. The van der Waals surface area contributed by atoms with E-state index in [0.717, 1.165) is 24.8 Å². The van der Waals surface area contributed by atoms with Gasteiger partial charge in [-0.2, -0.15) is 0 Å². The molecule has 1 amide bonds. The number of nitrogens with one attached hydrogen (secondary N) is 2. The molecule has 0 aliphatic heterocycles. The zero-order valence-electron chi connectivity index (χ0n) is 18.5. The van der Waals surface area contributed by atoms with Crippen LogP contribution in [0.5, 0.6) is 0 Å². The van der Waals surface area contributed by atoms with Crippen molar-refractivity contribution in [3.8, 4) is 0 Å². The van der Waals surface area contributed by atoms with Crippen LogP contribution in [0.1, 0.15) is 24.0 Å². The Hall–Kier alpha value is -3.85. The zero-order chi connectivity index (χ0) is 22.2. The van der Waals surface area contributed by atoms with E-state index in [2.05, 4.69) is 83.1 Å². The maximum absolute atomic E-state index is 12.4. The van der Waals surface area contributed by atoms with Crippen molar-refractivity contribution >= 4 is 49.1 Å². The Balaban J connectivity index is 1.11. The predicted molar refractivity (Wildman–Crippen MR) is 138 cm³/mol. The van der Waals surface area contributed by atoms with E-state index in [1.54, 1.807) is 0 Å². The number of carbonyl (C=O) groups is 1. The summed E-state index contributed by atoms with van der Waals surface area (Å²) in [6, 6.07) is 28.2. The van der Waals surface area contributed by atoms with Gasteiger partial charge in [0.1, 0.15) is 0 Å². The first-order chi connectivity index (χ1) is 16.3. The number of hydrogen-bond acceptors (Lipinski definition) is 1. The fourth-order valence-corrected chi connectivity index (χ4v) is 5.22. The van der Waals surface area contributed by atoms with E-state index in [9.17, 15) is 4.79 Å². The number of H-pyrrole nitrogens is 1. The van der Waals surface area contributed by atoms with Crippen LogP contribution in [0.15, 0.2) is 85.1 Å². The van der Waals surface area contributed by atoms with E-state index in [0.29, 0.717) is 13.0 Å². The van der Waals surface area contributed by atoms with Gasteiger partial charge in [0.15, 0.2) is 0 Å². The van der Waals surface area contributed by atoms with Crippen molar-refractivity contribution in [1.29, 1.82) is 0 Å². The lowest BCUT2D eigenvalue weighted by molar-refractivity contribution is -0.121. The lowest BCUT2D eigenvalue weighted by atomic mass is 9.90. The van der Waals surface area contributed by atoms with Gasteiger partial charge in [-0.25, -0.2) is 0 Å². The Morgan fingerprint density at radius 2 is 1.45 bits per heavy atom. The number of aryl methyl sites for hydroxylation is 1. The van der Waals surface area contributed by atoms with Crippen molar-refractivity contribution in [3.63, 3.8) is 0 Å². The van der Waals surface area contributed by atoms with E-state index < -0.39 is 0 Å². The Morgan fingerprint density at radius 3 is 2.33 bits per heavy atom. The molecule has 2 N–H and O–H groups in total. The van der Waals surface area contributed by atoms with Crippen molar-refractivity contribution in [2.24, 2.45) is 0 Å². The van der Waals surface area contributed by atoms with Crippen molar-refractivity contribution in [2.75, 3.05) is 6.54 Å². The molecule has 33 heavy (non-hydrogen) atoms. The fraction of sp³-hybridized carbons (Fsp3) is 0.167. The van der Waals surface area contributed by atoms with Crippen molar-refractivity contribution in [2.45, 2.75) is 25.7 Å². The van der Waals surface area contributed by atoms with Gasteiger partial charge in [0, 0.05) is 30.1 Å². The SMILES string of the molecule is O=C(CCCc1ccc2ccc3cccc4ccc1c2c34)NCCc1c[nH]c2ccccc12. The Kier molecular flexibility index (Phi) is 4.95. The van der Waals surface area contributed by atoms with Gasteiger partial charge in [-0.15, -0.1) is 0 Å². The molecular formula is C30H26N2O. The van der Waals surface area contributed by atoms with E-state index in [1.807, 2.05) is 12.3 Å². The molecule has 3 nitrogen and oxygen atoms in total. The summed E-state index contributed by atoms with van der Waals surface area (Å²) in [5, 5.41) is 12.2. The summed E-state index contributed by atoms with van der Waals surface area (Å²) in [5.74, 6) is 0.132. The average molecular weight is 431 g/mol. The molecule has 6 rings (SSSR count). The normalized spacial score (nSPS) is 11.8. The van der Waals surface area contributed by atoms with Crippen LogP contribution in [0.25, 0.3) is 43.2 Å². The van der Waals surface area contributed by atoms with Crippen LogP contribution in [0, 0.1) is 0 Å². The van der Waals surface area contributed by atoms with Crippen molar-refractivity contribution in [3.05, 3.63) is 96.2 Å². The van der Waals surface area contributed by atoms with Gasteiger partial charge in [-0.05, 0) is 68.8 Å². The maximum Gasteiger partial charge on any atom is 0.220 e. The highest BCUT2D eigenvalue weighted by atomic mass is 16.1. The number of fused-ring (bicyclic) bond motifs is 1. The van der Waals surface area contributed by atoms with Gasteiger partial charge >= 0.3 is 0 Å². The number of benzene rings is 5. The molecule has 0 fully saturated rings. The highest BCUT2D eigenvalue weighted by molar-refractivity contribution is 6.23. The number of aromatic nitrogens is 1. The third-order valence-electron chi connectivity index (χ3n) is 6.86. The number of carbonyl (C=O) groups excluding carboxylic acids is 1. The lowest BCUT2D eigenvalue weighted by Gasteiger charge is -2.14. The first kappa shape index (κ1) is 19.8. The zero-order valence-corrected chi connectivity index (χ0v) is 18.5. The summed E-state index contributed by atoms with van der Waals surface area (Å²) >= 11 is 0. The molecule has 3 heteroatoms. The van der Waals surface area contributed by atoms with Gasteiger partial charge in [0.25, 0.3) is 0 Å². The molecule has 0 aliphatic rings. The van der Waals surface area contributed by atoms with Crippen molar-refractivity contribution in [1.82, 2.24) is 10.3 Å². The standard InChI is InChI=1S/C30H26N2O/c33-28(31-18-17-24-19-32-27-9-2-1-8-25(24)27)10-4-5-20-11-12-23-14-13-21-6-3-7-22-15-16-26(20)30(23)29(21)22/h1-3,6-9,11-16,19,32H,4-5,10,17-18H2,(H,31,33). The topological polar surface area (TPSA) is 44.9 Å². The molecule has 6 aromatic rings. The van der Waals surface area contributed by atoms with Crippen LogP contribution >= 0.6 is 0 Å². The molecule has 0 spiro atoms. The smallest absolute Gasteiger partial charge is 0.220 e. The van der Waals surface area contributed by atoms with Gasteiger partial charge in [0.05, 0.1) is 0 Å². The third kappa shape index (κ3) is 3.60. The summed E-state index contributed by atoms with van der Waals surface area (Å²) < 4.78 is 0. The minimum atomic E-state index is 0.132. The molecule has 0 saturated heterocycles. The number of rotatable bonds is 7. The molecule has 0 saturated carbocycles. The Morgan fingerprint density at radius 1 is 0.697 bits per heavy atom. The molecule has 5 aromatic carbocycles. The molecule has 0 radical (unpaired) electrons. The third-order valence-corrected chi connectivity index (χ3v) is 6.86. The molecule has 162 valence electrons. The second-order valence-electron chi connectivity index (χ2n) is 8.89. The number of aromatic amines is 1. The van der Waals surface area contributed by atoms with Crippen LogP contribution in [0.2, 0.25) is 0 Å². The molecule has 1 heterocycles. The van der Waals surface area contributed by atoms with Gasteiger partial charge in [-0.3, -0.25) is 4.79 Å². The number of hydrogen-bond donors (Lipinski definition) is 2. The maximum atomic E-state index is 12.4. The molecule has 0 unspecified atom stereocenters.